The Morgan fingerprint density at radius 3 is 2.62 bits per heavy atom. The maximum absolute atomic E-state index is 10.8. The van der Waals surface area contributed by atoms with Crippen LogP contribution in [0.1, 0.15) is 12.0 Å². The van der Waals surface area contributed by atoms with E-state index in [1.54, 1.807) is 12.4 Å². The molecule has 13 heavy (non-hydrogen) atoms. The number of pyridine rings is 1. The minimum absolute atomic E-state index is 0.0159. The second-order valence-electron chi connectivity index (χ2n) is 2.73. The predicted octanol–water partition coefficient (Wildman–Crippen LogP) is 0.447. The number of hydrogen-bond donors (Lipinski definition) is 2. The summed E-state index contributed by atoms with van der Waals surface area (Å²) in [5.74, 6) is -0.0159. The Morgan fingerprint density at radius 1 is 1.23 bits per heavy atom. The largest absolute Gasteiger partial charge is 0.298 e. The zero-order chi connectivity index (χ0) is 9.10. The summed E-state index contributed by atoms with van der Waals surface area (Å²) >= 11 is 0. The van der Waals surface area contributed by atoms with Gasteiger partial charge in [-0.2, -0.15) is 0 Å². The van der Waals surface area contributed by atoms with E-state index in [1.807, 2.05) is 18.2 Å². The van der Waals surface area contributed by atoms with Crippen LogP contribution < -0.4 is 10.9 Å². The third-order valence-electron chi connectivity index (χ3n) is 1.82. The van der Waals surface area contributed by atoms with E-state index in [2.05, 4.69) is 15.8 Å². The van der Waals surface area contributed by atoms with E-state index in [9.17, 15) is 4.79 Å². The molecule has 0 aromatic carbocycles. The number of amides is 1. The van der Waals surface area contributed by atoms with E-state index in [0.29, 0.717) is 6.42 Å². The molecule has 0 unspecified atom stereocenters. The van der Waals surface area contributed by atoms with Crippen molar-refractivity contribution in [2.24, 2.45) is 0 Å². The van der Waals surface area contributed by atoms with E-state index < -0.39 is 0 Å². The fourth-order valence-electron chi connectivity index (χ4n) is 1.16. The molecule has 1 amide bonds. The lowest BCUT2D eigenvalue weighted by Gasteiger charge is -2.16. The highest BCUT2D eigenvalue weighted by atomic mass is 16.2. The second kappa shape index (κ2) is 3.26. The van der Waals surface area contributed by atoms with Crippen molar-refractivity contribution in [1.29, 1.82) is 0 Å². The van der Waals surface area contributed by atoms with Crippen LogP contribution in [0.3, 0.4) is 0 Å². The smallest absolute Gasteiger partial charge is 0.242 e. The predicted molar refractivity (Wildman–Crippen MR) is 48.1 cm³/mol. The molecule has 4 nitrogen and oxygen atoms in total. The molecule has 0 radical (unpaired) electrons. The second-order valence-corrected chi connectivity index (χ2v) is 2.73. The van der Waals surface area contributed by atoms with Gasteiger partial charge in [-0.05, 0) is 18.2 Å². The molecule has 0 bridgehead atoms. The summed E-state index contributed by atoms with van der Waals surface area (Å²) in [4.78, 5) is 14.7. The first-order valence-corrected chi connectivity index (χ1v) is 4.02. The van der Waals surface area contributed by atoms with Crippen molar-refractivity contribution >= 4 is 11.6 Å². The summed E-state index contributed by atoms with van der Waals surface area (Å²) in [6, 6.07) is 3.77. The van der Waals surface area contributed by atoms with Crippen LogP contribution in [0.5, 0.6) is 0 Å². The van der Waals surface area contributed by atoms with Crippen LogP contribution >= 0.6 is 0 Å². The Balaban J connectivity index is 2.23. The molecule has 4 heteroatoms. The minimum atomic E-state index is -0.0159. The third-order valence-corrected chi connectivity index (χ3v) is 1.82. The van der Waals surface area contributed by atoms with Gasteiger partial charge in [-0.15, -0.1) is 0 Å². The third kappa shape index (κ3) is 1.66. The standard InChI is InChI=1S/C9H9N3O/c13-9-2-1-8(11-12-9)7-3-5-10-6-4-7/h1,3-6,11H,2H2,(H,12,13). The Morgan fingerprint density at radius 2 is 2.00 bits per heavy atom. The van der Waals surface area contributed by atoms with Crippen LogP contribution in [-0.4, -0.2) is 10.9 Å². The molecule has 0 saturated carbocycles. The van der Waals surface area contributed by atoms with Gasteiger partial charge in [0.1, 0.15) is 0 Å². The van der Waals surface area contributed by atoms with E-state index in [1.165, 1.54) is 0 Å². The molecule has 0 aliphatic carbocycles. The summed E-state index contributed by atoms with van der Waals surface area (Å²) < 4.78 is 0. The molecule has 1 aromatic rings. The Hall–Kier alpha value is -1.84. The number of nitrogens with one attached hydrogen (secondary N) is 2. The maximum Gasteiger partial charge on any atom is 0.242 e. The highest BCUT2D eigenvalue weighted by molar-refractivity contribution is 5.83. The quantitative estimate of drug-likeness (QED) is 0.651. The monoisotopic (exact) mass is 175 g/mol. The van der Waals surface area contributed by atoms with Gasteiger partial charge in [-0.3, -0.25) is 20.6 Å². The summed E-state index contributed by atoms with van der Waals surface area (Å²) in [6.45, 7) is 0. The average Bonchev–Trinajstić information content (AvgIpc) is 2.20. The van der Waals surface area contributed by atoms with E-state index in [-0.39, 0.29) is 5.91 Å². The van der Waals surface area contributed by atoms with Crippen molar-refractivity contribution in [3.63, 3.8) is 0 Å². The van der Waals surface area contributed by atoms with Crippen LogP contribution in [0.2, 0.25) is 0 Å². The number of carbonyl (C=O) groups excluding carboxylic acids is 1. The van der Waals surface area contributed by atoms with Gasteiger partial charge in [-0.25, -0.2) is 0 Å². The summed E-state index contributed by atoms with van der Waals surface area (Å²) in [5.41, 5.74) is 7.31. The highest BCUT2D eigenvalue weighted by Gasteiger charge is 2.08. The van der Waals surface area contributed by atoms with Crippen molar-refractivity contribution in [1.82, 2.24) is 15.8 Å². The van der Waals surface area contributed by atoms with Gasteiger partial charge in [0, 0.05) is 24.4 Å². The number of hydrazine groups is 1. The van der Waals surface area contributed by atoms with Crippen LogP contribution in [0.15, 0.2) is 30.6 Å². The van der Waals surface area contributed by atoms with Crippen molar-refractivity contribution in [3.8, 4) is 0 Å². The van der Waals surface area contributed by atoms with Crippen LogP contribution in [-0.2, 0) is 4.79 Å². The van der Waals surface area contributed by atoms with E-state index in [0.717, 1.165) is 11.3 Å². The van der Waals surface area contributed by atoms with Gasteiger partial charge in [0.25, 0.3) is 0 Å². The average molecular weight is 175 g/mol. The Kier molecular flexibility index (Phi) is 1.96. The first-order chi connectivity index (χ1) is 6.36. The fourth-order valence-corrected chi connectivity index (χ4v) is 1.16. The summed E-state index contributed by atoms with van der Waals surface area (Å²) in [7, 11) is 0. The molecule has 0 spiro atoms. The summed E-state index contributed by atoms with van der Waals surface area (Å²) in [5, 5.41) is 0. The molecule has 2 rings (SSSR count). The number of aromatic nitrogens is 1. The first-order valence-electron chi connectivity index (χ1n) is 4.02. The summed E-state index contributed by atoms with van der Waals surface area (Å²) in [6.07, 6.45) is 5.71. The van der Waals surface area contributed by atoms with Gasteiger partial charge in [0.15, 0.2) is 0 Å². The van der Waals surface area contributed by atoms with Crippen LogP contribution in [0.4, 0.5) is 0 Å². The molecule has 0 atom stereocenters. The van der Waals surface area contributed by atoms with Crippen molar-refractivity contribution < 1.29 is 4.79 Å². The molecular weight excluding hydrogens is 166 g/mol. The van der Waals surface area contributed by atoms with Crippen molar-refractivity contribution in [3.05, 3.63) is 36.2 Å². The molecule has 66 valence electrons. The van der Waals surface area contributed by atoms with Gasteiger partial charge >= 0.3 is 0 Å². The first kappa shape index (κ1) is 7.79. The lowest BCUT2D eigenvalue weighted by molar-refractivity contribution is -0.121. The van der Waals surface area contributed by atoms with Crippen molar-refractivity contribution in [2.45, 2.75) is 6.42 Å². The van der Waals surface area contributed by atoms with Gasteiger partial charge in [0.05, 0.1) is 5.70 Å². The molecule has 1 aliphatic rings. The van der Waals surface area contributed by atoms with Crippen molar-refractivity contribution in [2.75, 3.05) is 0 Å². The molecular formula is C9H9N3O. The zero-order valence-electron chi connectivity index (χ0n) is 6.95. The molecule has 1 aromatic heterocycles. The molecule has 0 saturated heterocycles. The van der Waals surface area contributed by atoms with Gasteiger partial charge < -0.3 is 0 Å². The normalized spacial score (nSPS) is 15.7. The van der Waals surface area contributed by atoms with Gasteiger partial charge in [-0.1, -0.05) is 0 Å². The van der Waals surface area contributed by atoms with Crippen LogP contribution in [0, 0.1) is 0 Å². The number of nitrogens with zero attached hydrogens (tertiary/aromatic N) is 1. The lowest BCUT2D eigenvalue weighted by atomic mass is 10.1. The van der Waals surface area contributed by atoms with Crippen LogP contribution in [0.25, 0.3) is 5.70 Å². The van der Waals surface area contributed by atoms with Gasteiger partial charge in [0.2, 0.25) is 5.91 Å². The molecule has 2 N–H and O–H groups in total. The lowest BCUT2D eigenvalue weighted by Crippen LogP contribution is -2.38. The number of hydrogen-bond acceptors (Lipinski definition) is 3. The Bertz CT molecular complexity index is 345. The number of rotatable bonds is 1. The topological polar surface area (TPSA) is 54.0 Å². The Labute approximate surface area is 75.6 Å². The molecule has 0 fully saturated rings. The van der Waals surface area contributed by atoms with E-state index in [4.69, 9.17) is 0 Å². The minimum Gasteiger partial charge on any atom is -0.298 e. The SMILES string of the molecule is O=C1CC=C(c2ccncc2)NN1. The fraction of sp³-hybridized carbons (Fsp3) is 0.111. The number of carbonyl (C=O) groups is 1. The highest BCUT2D eigenvalue weighted by Crippen LogP contribution is 2.11. The molecule has 1 aliphatic heterocycles. The molecule has 2 heterocycles. The maximum atomic E-state index is 10.8. The van der Waals surface area contributed by atoms with E-state index >= 15 is 0 Å². The zero-order valence-corrected chi connectivity index (χ0v) is 6.95.